The number of nitrogens with zero attached hydrogens (tertiary/aromatic N) is 2. The first-order valence-corrected chi connectivity index (χ1v) is 7.88. The Morgan fingerprint density at radius 1 is 1.52 bits per heavy atom. The van der Waals surface area contributed by atoms with E-state index in [0.717, 1.165) is 13.1 Å². The predicted octanol–water partition coefficient (Wildman–Crippen LogP) is -0.0422. The molecule has 0 aliphatic carbocycles. The van der Waals surface area contributed by atoms with E-state index < -0.39 is 32.5 Å². The molecule has 0 saturated heterocycles. The third-order valence-corrected chi connectivity index (χ3v) is 3.50. The molecule has 11 heteroatoms. The van der Waals surface area contributed by atoms with Gasteiger partial charge >= 0.3 is 13.8 Å². The van der Waals surface area contributed by atoms with Gasteiger partial charge in [0.15, 0.2) is 6.04 Å². The van der Waals surface area contributed by atoms with E-state index in [-0.39, 0.29) is 22.6 Å². The standard InChI is InChI=1S/C12H17N2O8P/c1-6-11(16)9(8(5-15)3-13-6)4-14-10(12(17)18)7(2)22-23(19,20)21/h3-4,7,10,15-16H,5H2,1-2H3,(H,17,18)(H2,19,20,21). The van der Waals surface area contributed by atoms with Gasteiger partial charge in [0, 0.05) is 23.5 Å². The number of hydrogen-bond donors (Lipinski definition) is 5. The summed E-state index contributed by atoms with van der Waals surface area (Å²) in [5.41, 5.74) is 0.522. The summed E-state index contributed by atoms with van der Waals surface area (Å²) in [6.45, 7) is 2.18. The number of pyridine rings is 1. The van der Waals surface area contributed by atoms with E-state index in [1.54, 1.807) is 0 Å². The molecule has 1 aromatic heterocycles. The molecule has 2 unspecified atom stereocenters. The summed E-state index contributed by atoms with van der Waals surface area (Å²) in [7, 11) is -4.88. The molecule has 2 atom stereocenters. The van der Waals surface area contributed by atoms with Crippen molar-refractivity contribution in [2.24, 2.45) is 4.99 Å². The first kappa shape index (κ1) is 19.2. The predicted molar refractivity (Wildman–Crippen MR) is 78.2 cm³/mol. The maximum Gasteiger partial charge on any atom is 0.469 e. The molecule has 0 amide bonds. The topological polar surface area (TPSA) is 170 Å². The summed E-state index contributed by atoms with van der Waals surface area (Å²) in [6, 6.07) is -1.62. The Morgan fingerprint density at radius 3 is 2.61 bits per heavy atom. The van der Waals surface area contributed by atoms with Gasteiger partial charge < -0.3 is 25.1 Å². The van der Waals surface area contributed by atoms with E-state index in [2.05, 4.69) is 14.5 Å². The quantitative estimate of drug-likeness (QED) is 0.335. The number of hydrogen-bond acceptors (Lipinski definition) is 7. The number of aryl methyl sites for hydroxylation is 1. The Labute approximate surface area is 131 Å². The van der Waals surface area contributed by atoms with Gasteiger partial charge in [-0.05, 0) is 13.8 Å². The van der Waals surface area contributed by atoms with Crippen LogP contribution in [0.15, 0.2) is 11.2 Å². The fourth-order valence-corrected chi connectivity index (χ4v) is 2.29. The van der Waals surface area contributed by atoms with E-state index in [1.165, 1.54) is 13.1 Å². The maximum atomic E-state index is 11.2. The molecular weight excluding hydrogens is 331 g/mol. The van der Waals surface area contributed by atoms with E-state index in [4.69, 9.17) is 14.9 Å². The number of aliphatic imine (C=N–C) groups is 1. The molecule has 0 saturated carbocycles. The lowest BCUT2D eigenvalue weighted by atomic mass is 10.1. The minimum atomic E-state index is -4.88. The van der Waals surface area contributed by atoms with Gasteiger partial charge in [0.25, 0.3) is 0 Å². The van der Waals surface area contributed by atoms with Crippen molar-refractivity contribution >= 4 is 20.0 Å². The van der Waals surface area contributed by atoms with Crippen molar-refractivity contribution in [3.63, 3.8) is 0 Å². The fraction of sp³-hybridized carbons (Fsp3) is 0.417. The average Bonchev–Trinajstić information content (AvgIpc) is 2.41. The van der Waals surface area contributed by atoms with Gasteiger partial charge in [0.2, 0.25) is 0 Å². The first-order chi connectivity index (χ1) is 10.6. The summed E-state index contributed by atoms with van der Waals surface area (Å²) < 4.78 is 15.1. The highest BCUT2D eigenvalue weighted by Gasteiger charge is 2.30. The Bertz CT molecular complexity index is 657. The van der Waals surface area contributed by atoms with Gasteiger partial charge in [-0.15, -0.1) is 0 Å². The third kappa shape index (κ3) is 5.38. The zero-order chi connectivity index (χ0) is 17.8. The van der Waals surface area contributed by atoms with Gasteiger partial charge in [0.05, 0.1) is 18.4 Å². The second-order valence-corrected chi connectivity index (χ2v) is 5.84. The van der Waals surface area contributed by atoms with Crippen molar-refractivity contribution in [3.05, 3.63) is 23.0 Å². The van der Waals surface area contributed by atoms with Gasteiger partial charge in [-0.1, -0.05) is 0 Å². The summed E-state index contributed by atoms with van der Waals surface area (Å²) in [5, 5.41) is 28.2. The number of aromatic hydroxyl groups is 1. The number of carboxylic acid groups (broad SMARTS) is 1. The monoisotopic (exact) mass is 348 g/mol. The molecule has 0 radical (unpaired) electrons. The van der Waals surface area contributed by atoms with Crippen LogP contribution in [0.4, 0.5) is 0 Å². The highest BCUT2D eigenvalue weighted by molar-refractivity contribution is 7.46. The number of carboxylic acids is 1. The number of carbonyl (C=O) groups is 1. The van der Waals surface area contributed by atoms with Gasteiger partial charge in [-0.3, -0.25) is 14.5 Å². The minimum absolute atomic E-state index is 0.0645. The molecule has 128 valence electrons. The first-order valence-electron chi connectivity index (χ1n) is 6.35. The lowest BCUT2D eigenvalue weighted by molar-refractivity contribution is -0.140. The Kier molecular flexibility index (Phi) is 6.37. The van der Waals surface area contributed by atoms with Crippen LogP contribution in [-0.4, -0.2) is 54.4 Å². The highest BCUT2D eigenvalue weighted by atomic mass is 31.2. The van der Waals surface area contributed by atoms with Crippen molar-refractivity contribution in [3.8, 4) is 5.75 Å². The molecule has 1 aromatic rings. The van der Waals surface area contributed by atoms with Crippen molar-refractivity contribution in [2.45, 2.75) is 32.6 Å². The SMILES string of the molecule is Cc1ncc(CO)c(C=NC(C(=O)O)C(C)OP(=O)(O)O)c1O. The summed E-state index contributed by atoms with van der Waals surface area (Å²) in [5.74, 6) is -1.76. The van der Waals surface area contributed by atoms with E-state index in [1.807, 2.05) is 0 Å². The second-order valence-electron chi connectivity index (χ2n) is 4.65. The van der Waals surface area contributed by atoms with Gasteiger partial charge in [-0.2, -0.15) is 0 Å². The van der Waals surface area contributed by atoms with Crippen LogP contribution < -0.4 is 0 Å². The van der Waals surface area contributed by atoms with E-state index in [0.29, 0.717) is 0 Å². The fourth-order valence-electron chi connectivity index (χ4n) is 1.74. The molecule has 23 heavy (non-hydrogen) atoms. The van der Waals surface area contributed by atoms with Crippen molar-refractivity contribution in [1.29, 1.82) is 0 Å². The number of aliphatic hydroxyl groups excluding tert-OH is 1. The van der Waals surface area contributed by atoms with Crippen molar-refractivity contribution < 1.29 is 39.0 Å². The smallest absolute Gasteiger partial charge is 0.469 e. The highest BCUT2D eigenvalue weighted by Crippen LogP contribution is 2.38. The molecule has 0 aliphatic heterocycles. The summed E-state index contributed by atoms with van der Waals surface area (Å²) >= 11 is 0. The minimum Gasteiger partial charge on any atom is -0.505 e. The van der Waals surface area contributed by atoms with Gasteiger partial charge in [-0.25, -0.2) is 9.36 Å². The van der Waals surface area contributed by atoms with Crippen LogP contribution in [0.3, 0.4) is 0 Å². The third-order valence-electron chi connectivity index (χ3n) is 2.89. The number of rotatable bonds is 7. The molecule has 5 N–H and O–H groups in total. The maximum absolute atomic E-state index is 11.2. The zero-order valence-corrected chi connectivity index (χ0v) is 13.2. The van der Waals surface area contributed by atoms with Crippen LogP contribution in [0.5, 0.6) is 5.75 Å². The van der Waals surface area contributed by atoms with Crippen molar-refractivity contribution in [1.82, 2.24) is 4.98 Å². The number of aromatic nitrogens is 1. The Hall–Kier alpha value is -1.84. The molecule has 0 spiro atoms. The lowest BCUT2D eigenvalue weighted by Crippen LogP contribution is -2.32. The normalized spacial score (nSPS) is 14.8. The summed E-state index contributed by atoms with van der Waals surface area (Å²) in [6.07, 6.45) is 0.863. The zero-order valence-electron chi connectivity index (χ0n) is 12.3. The van der Waals surface area contributed by atoms with Crippen LogP contribution in [0.25, 0.3) is 0 Å². The molecule has 10 nitrogen and oxygen atoms in total. The van der Waals surface area contributed by atoms with Crippen molar-refractivity contribution in [2.75, 3.05) is 0 Å². The summed E-state index contributed by atoms with van der Waals surface area (Å²) in [4.78, 5) is 36.2. The van der Waals surface area contributed by atoms with Crippen LogP contribution in [-0.2, 0) is 20.5 Å². The van der Waals surface area contributed by atoms with Crippen LogP contribution in [0, 0.1) is 6.92 Å². The molecule has 0 bridgehead atoms. The number of aliphatic hydroxyl groups is 1. The van der Waals surface area contributed by atoms with Crippen LogP contribution in [0.1, 0.15) is 23.7 Å². The van der Waals surface area contributed by atoms with E-state index in [9.17, 15) is 19.6 Å². The number of phosphoric ester groups is 1. The molecule has 0 aromatic carbocycles. The largest absolute Gasteiger partial charge is 0.505 e. The average molecular weight is 348 g/mol. The molecule has 0 fully saturated rings. The Morgan fingerprint density at radius 2 is 2.13 bits per heavy atom. The Balaban J connectivity index is 3.15. The van der Waals surface area contributed by atoms with Crippen LogP contribution in [0.2, 0.25) is 0 Å². The molecule has 1 heterocycles. The van der Waals surface area contributed by atoms with E-state index >= 15 is 0 Å². The number of phosphoric acid groups is 1. The lowest BCUT2D eigenvalue weighted by Gasteiger charge is -2.17. The number of aliphatic carboxylic acids is 1. The molecule has 0 aliphatic rings. The molecule has 1 rings (SSSR count). The van der Waals surface area contributed by atoms with Crippen LogP contribution >= 0.6 is 7.82 Å². The second kappa shape index (κ2) is 7.62. The molecular formula is C12H17N2O8P. The van der Waals surface area contributed by atoms with Gasteiger partial charge in [0.1, 0.15) is 5.75 Å².